The number of phenols is 1. The van der Waals surface area contributed by atoms with Crippen LogP contribution in [0.1, 0.15) is 25.7 Å². The van der Waals surface area contributed by atoms with Gasteiger partial charge in [-0.05, 0) is 73.2 Å². The third kappa shape index (κ3) is 2.76. The van der Waals surface area contributed by atoms with Gasteiger partial charge < -0.3 is 20.1 Å². The van der Waals surface area contributed by atoms with Gasteiger partial charge in [-0.3, -0.25) is 4.98 Å². The molecule has 2 saturated heterocycles. The van der Waals surface area contributed by atoms with Crippen molar-refractivity contribution in [2.75, 3.05) is 4.90 Å². The molecule has 1 aromatic heterocycles. The topological polar surface area (TPSA) is 57.6 Å². The minimum atomic E-state index is 0.185. The fourth-order valence-electron chi connectivity index (χ4n) is 5.20. The summed E-state index contributed by atoms with van der Waals surface area (Å²) in [5, 5.41) is 14.3. The molecule has 2 bridgehead atoms. The number of pyridine rings is 1. The Morgan fingerprint density at radius 3 is 2.52 bits per heavy atom. The van der Waals surface area contributed by atoms with Crippen molar-refractivity contribution in [3.63, 3.8) is 0 Å². The van der Waals surface area contributed by atoms with Crippen molar-refractivity contribution in [3.8, 4) is 28.4 Å². The number of nitrogens with zero attached hydrogens (tertiary/aromatic N) is 2. The summed E-state index contributed by atoms with van der Waals surface area (Å²) in [5.74, 6) is 1.53. The number of aromatic nitrogens is 1. The van der Waals surface area contributed by atoms with Gasteiger partial charge in [-0.2, -0.15) is 0 Å². The van der Waals surface area contributed by atoms with Crippen LogP contribution in [-0.4, -0.2) is 28.2 Å². The fraction of sp³-hybridized carbons (Fsp3) is 0.292. The monoisotopic (exact) mass is 385 g/mol. The van der Waals surface area contributed by atoms with Gasteiger partial charge in [0.15, 0.2) is 17.2 Å². The molecule has 146 valence electrons. The maximum atomic E-state index is 10.5. The molecule has 29 heavy (non-hydrogen) atoms. The third-order valence-corrected chi connectivity index (χ3v) is 6.49. The summed E-state index contributed by atoms with van der Waals surface area (Å²) in [6.45, 7) is 0. The quantitative estimate of drug-likeness (QED) is 0.651. The van der Waals surface area contributed by atoms with Crippen LogP contribution in [0.25, 0.3) is 11.1 Å². The highest BCUT2D eigenvalue weighted by Gasteiger charge is 2.39. The van der Waals surface area contributed by atoms with Crippen LogP contribution in [0.3, 0.4) is 0 Å². The maximum absolute atomic E-state index is 10.5. The second kappa shape index (κ2) is 6.49. The molecule has 3 aromatic rings. The summed E-state index contributed by atoms with van der Waals surface area (Å²) in [6.07, 6.45) is 8.33. The van der Waals surface area contributed by atoms with Gasteiger partial charge in [-0.25, -0.2) is 0 Å². The van der Waals surface area contributed by atoms with Crippen LogP contribution in [-0.2, 0) is 0 Å². The number of piperidine rings is 1. The van der Waals surface area contributed by atoms with Crippen molar-refractivity contribution in [3.05, 3.63) is 60.9 Å². The van der Waals surface area contributed by atoms with E-state index in [9.17, 15) is 5.11 Å². The Morgan fingerprint density at radius 1 is 0.931 bits per heavy atom. The van der Waals surface area contributed by atoms with Crippen molar-refractivity contribution >= 4 is 11.4 Å². The predicted octanol–water partition coefficient (Wildman–Crippen LogP) is 4.98. The van der Waals surface area contributed by atoms with Gasteiger partial charge in [0.25, 0.3) is 0 Å². The molecule has 5 nitrogen and oxygen atoms in total. The van der Waals surface area contributed by atoms with Crippen molar-refractivity contribution in [1.82, 2.24) is 10.3 Å². The maximum Gasteiger partial charge on any atom is 0.192 e. The molecule has 0 saturated carbocycles. The molecule has 0 spiro atoms. The van der Waals surface area contributed by atoms with E-state index >= 15 is 0 Å². The Kier molecular flexibility index (Phi) is 3.78. The standard InChI is InChI=1S/C24H23N3O2/c28-22-3-1-2-21-24(22)29-23-12-16(15-8-10-25-11-9-15)4-7-20(23)27(21)19-13-17-5-6-18(14-19)26-17/h1-4,7-12,17-19,26,28H,5-6,13-14H2. The zero-order chi connectivity index (χ0) is 19.4. The van der Waals surface area contributed by atoms with E-state index in [4.69, 9.17) is 4.74 Å². The molecule has 5 heteroatoms. The largest absolute Gasteiger partial charge is 0.504 e. The molecular weight excluding hydrogens is 362 g/mol. The summed E-state index contributed by atoms with van der Waals surface area (Å²) in [4.78, 5) is 6.51. The van der Waals surface area contributed by atoms with Crippen LogP contribution in [0.2, 0.25) is 0 Å². The fourth-order valence-corrected chi connectivity index (χ4v) is 5.20. The summed E-state index contributed by atoms with van der Waals surface area (Å²) >= 11 is 0. The molecule has 0 amide bonds. The Hall–Kier alpha value is -3.05. The lowest BCUT2D eigenvalue weighted by Gasteiger charge is -2.42. The van der Waals surface area contributed by atoms with Crippen LogP contribution >= 0.6 is 0 Å². The van der Waals surface area contributed by atoms with Crippen molar-refractivity contribution in [2.45, 2.75) is 43.8 Å². The first-order valence-electron chi connectivity index (χ1n) is 10.4. The average Bonchev–Trinajstić information content (AvgIpc) is 3.10. The minimum absolute atomic E-state index is 0.185. The molecule has 2 aromatic carbocycles. The molecule has 4 heterocycles. The van der Waals surface area contributed by atoms with Crippen LogP contribution < -0.4 is 15.0 Å². The van der Waals surface area contributed by atoms with E-state index in [-0.39, 0.29) is 5.75 Å². The average molecular weight is 385 g/mol. The lowest BCUT2D eigenvalue weighted by molar-refractivity contribution is 0.350. The van der Waals surface area contributed by atoms with Crippen molar-refractivity contribution in [1.29, 1.82) is 0 Å². The van der Waals surface area contributed by atoms with E-state index < -0.39 is 0 Å². The first kappa shape index (κ1) is 16.9. The van der Waals surface area contributed by atoms with Gasteiger partial charge >= 0.3 is 0 Å². The first-order valence-corrected chi connectivity index (χ1v) is 10.4. The number of aromatic hydroxyl groups is 1. The number of ether oxygens (including phenoxy) is 1. The second-order valence-electron chi connectivity index (χ2n) is 8.28. The normalized spacial score (nSPS) is 24.6. The lowest BCUT2D eigenvalue weighted by atomic mass is 9.95. The van der Waals surface area contributed by atoms with Crippen LogP contribution in [0.15, 0.2) is 60.9 Å². The third-order valence-electron chi connectivity index (χ3n) is 6.49. The number of hydrogen-bond acceptors (Lipinski definition) is 5. The van der Waals surface area contributed by atoms with Crippen molar-refractivity contribution in [2.24, 2.45) is 0 Å². The highest BCUT2D eigenvalue weighted by Crippen LogP contribution is 2.53. The number of phenolic OH excluding ortho intramolecular Hbond substituents is 1. The highest BCUT2D eigenvalue weighted by molar-refractivity contribution is 5.83. The number of benzene rings is 2. The number of para-hydroxylation sites is 1. The van der Waals surface area contributed by atoms with E-state index in [0.717, 1.165) is 41.1 Å². The number of hydrogen-bond donors (Lipinski definition) is 2. The second-order valence-corrected chi connectivity index (χ2v) is 8.28. The van der Waals surface area contributed by atoms with E-state index in [2.05, 4.69) is 39.5 Å². The van der Waals surface area contributed by atoms with Gasteiger partial charge in [-0.15, -0.1) is 0 Å². The molecule has 2 fully saturated rings. The Bertz CT molecular complexity index is 1060. The number of nitrogens with one attached hydrogen (secondary N) is 1. The van der Waals surface area contributed by atoms with Gasteiger partial charge in [-0.1, -0.05) is 12.1 Å². The molecular formula is C24H23N3O2. The number of rotatable bonds is 2. The molecule has 0 aliphatic carbocycles. The lowest BCUT2D eigenvalue weighted by Crippen LogP contribution is -2.47. The van der Waals surface area contributed by atoms with E-state index in [0.29, 0.717) is 23.9 Å². The van der Waals surface area contributed by atoms with Gasteiger partial charge in [0, 0.05) is 30.5 Å². The summed E-state index contributed by atoms with van der Waals surface area (Å²) in [5.41, 5.74) is 4.21. The van der Waals surface area contributed by atoms with Gasteiger partial charge in [0.05, 0.1) is 11.4 Å². The Morgan fingerprint density at radius 2 is 1.72 bits per heavy atom. The number of anilines is 2. The Balaban J connectivity index is 1.47. The summed E-state index contributed by atoms with van der Waals surface area (Å²) in [6, 6.07) is 17.6. The SMILES string of the molecule is Oc1cccc2c1Oc1cc(-c3ccncc3)ccc1N2C1CC2CCC(C1)N2. The van der Waals surface area contributed by atoms with Crippen LogP contribution in [0.4, 0.5) is 11.4 Å². The van der Waals surface area contributed by atoms with Crippen molar-refractivity contribution < 1.29 is 9.84 Å². The molecule has 3 aliphatic rings. The summed E-state index contributed by atoms with van der Waals surface area (Å²) in [7, 11) is 0. The number of fused-ring (bicyclic) bond motifs is 4. The molecule has 0 radical (unpaired) electrons. The highest BCUT2D eigenvalue weighted by atomic mass is 16.5. The summed E-state index contributed by atoms with van der Waals surface area (Å²) < 4.78 is 6.24. The van der Waals surface area contributed by atoms with E-state index in [1.54, 1.807) is 18.5 Å². The van der Waals surface area contributed by atoms with Crippen LogP contribution in [0, 0.1) is 0 Å². The van der Waals surface area contributed by atoms with Crippen LogP contribution in [0.5, 0.6) is 17.2 Å². The molecule has 3 aliphatic heterocycles. The van der Waals surface area contributed by atoms with Gasteiger partial charge in [0.1, 0.15) is 0 Å². The molecule has 2 unspecified atom stereocenters. The van der Waals surface area contributed by atoms with Gasteiger partial charge in [0.2, 0.25) is 0 Å². The minimum Gasteiger partial charge on any atom is -0.504 e. The molecule has 2 N–H and O–H groups in total. The molecule has 6 rings (SSSR count). The zero-order valence-corrected chi connectivity index (χ0v) is 16.1. The van der Waals surface area contributed by atoms with E-state index in [1.807, 2.05) is 18.2 Å². The zero-order valence-electron chi connectivity index (χ0n) is 16.1. The van der Waals surface area contributed by atoms with E-state index in [1.165, 1.54) is 12.8 Å². The molecule has 2 atom stereocenters. The Labute approximate surface area is 170 Å². The smallest absolute Gasteiger partial charge is 0.192 e. The predicted molar refractivity (Wildman–Crippen MR) is 113 cm³/mol. The first-order chi connectivity index (χ1) is 14.3.